The highest BCUT2D eigenvalue weighted by Crippen LogP contribution is 2.69. The molecule has 12 atom stereocenters. The Bertz CT molecular complexity index is 986. The minimum Gasteiger partial charge on any atom is -0.462 e. The normalized spacial score (nSPS) is 47.2. The predicted molar refractivity (Wildman–Crippen MR) is 148 cm³/mol. The first-order chi connectivity index (χ1) is 17.7. The van der Waals surface area contributed by atoms with Gasteiger partial charge in [0.25, 0.3) is 0 Å². The molecule has 0 bridgehead atoms. The largest absolute Gasteiger partial charge is 0.462 e. The van der Waals surface area contributed by atoms with Crippen LogP contribution in [0.25, 0.3) is 0 Å². The Morgan fingerprint density at radius 1 is 0.921 bits per heavy atom. The number of carbonyl (C=O) groups is 2. The third-order valence-corrected chi connectivity index (χ3v) is 12.8. The molecule has 5 heteroatoms. The summed E-state index contributed by atoms with van der Waals surface area (Å²) in [6.07, 6.45) is 9.07. The number of carbonyl (C=O) groups excluding carboxylic acids is 2. The van der Waals surface area contributed by atoms with E-state index in [-0.39, 0.29) is 29.4 Å². The first-order valence-corrected chi connectivity index (χ1v) is 15.5. The average molecular weight is 529 g/mol. The Labute approximate surface area is 230 Å². The summed E-state index contributed by atoms with van der Waals surface area (Å²) in [6.45, 7) is 17.3. The Hall–Kier alpha value is -1.36. The van der Waals surface area contributed by atoms with E-state index in [4.69, 9.17) is 9.47 Å². The van der Waals surface area contributed by atoms with Crippen LogP contribution in [0.5, 0.6) is 0 Å². The van der Waals surface area contributed by atoms with Crippen molar-refractivity contribution in [3.05, 3.63) is 11.6 Å². The van der Waals surface area contributed by atoms with Gasteiger partial charge in [-0.3, -0.25) is 9.59 Å². The van der Waals surface area contributed by atoms with Gasteiger partial charge in [0.05, 0.1) is 0 Å². The summed E-state index contributed by atoms with van der Waals surface area (Å²) in [5.74, 6) is 4.83. The van der Waals surface area contributed by atoms with E-state index in [1.54, 1.807) is 0 Å². The molecule has 5 aliphatic rings. The Morgan fingerprint density at radius 2 is 1.61 bits per heavy atom. The van der Waals surface area contributed by atoms with E-state index in [1.165, 1.54) is 45.1 Å². The van der Waals surface area contributed by atoms with Gasteiger partial charge in [-0.25, -0.2) is 0 Å². The van der Waals surface area contributed by atoms with Gasteiger partial charge in [0.1, 0.15) is 17.8 Å². The molecule has 4 fully saturated rings. The molecule has 5 rings (SSSR count). The fraction of sp³-hybridized carbons (Fsp3) is 0.879. The van der Waals surface area contributed by atoms with Crippen LogP contribution in [-0.2, 0) is 19.1 Å². The summed E-state index contributed by atoms with van der Waals surface area (Å²) in [5.41, 5.74) is 0.0593. The van der Waals surface area contributed by atoms with Crippen molar-refractivity contribution in [2.45, 2.75) is 125 Å². The molecular formula is C33H52O5. The van der Waals surface area contributed by atoms with Gasteiger partial charge >= 0.3 is 11.9 Å². The quantitative estimate of drug-likeness (QED) is 0.306. The first kappa shape index (κ1) is 28.2. The molecule has 214 valence electrons. The van der Waals surface area contributed by atoms with Gasteiger partial charge < -0.3 is 14.6 Å². The maximum atomic E-state index is 12.3. The van der Waals surface area contributed by atoms with Crippen molar-refractivity contribution in [2.24, 2.45) is 58.2 Å². The molecule has 0 aromatic heterocycles. The molecule has 4 saturated carbocycles. The fourth-order valence-electron chi connectivity index (χ4n) is 10.3. The molecule has 0 heterocycles. The molecule has 0 aliphatic heterocycles. The van der Waals surface area contributed by atoms with Crippen LogP contribution >= 0.6 is 0 Å². The summed E-state index contributed by atoms with van der Waals surface area (Å²) < 4.78 is 11.5. The van der Waals surface area contributed by atoms with Crippen LogP contribution in [-0.4, -0.2) is 34.9 Å². The second-order valence-corrected chi connectivity index (χ2v) is 14.9. The second-order valence-electron chi connectivity index (χ2n) is 14.9. The zero-order valence-corrected chi connectivity index (χ0v) is 25.1. The lowest BCUT2D eigenvalue weighted by atomic mass is 9.45. The molecule has 0 aromatic rings. The molecule has 5 nitrogen and oxygen atoms in total. The third kappa shape index (κ3) is 4.29. The molecule has 0 aromatic carbocycles. The summed E-state index contributed by atoms with van der Waals surface area (Å²) in [5, 5.41) is 12.3. The third-order valence-electron chi connectivity index (χ3n) is 12.8. The van der Waals surface area contributed by atoms with E-state index in [0.29, 0.717) is 12.3 Å². The van der Waals surface area contributed by atoms with Crippen LogP contribution in [0.1, 0.15) is 107 Å². The minimum atomic E-state index is -1.24. The first-order valence-electron chi connectivity index (χ1n) is 15.5. The lowest BCUT2D eigenvalue weighted by molar-refractivity contribution is -0.225. The summed E-state index contributed by atoms with van der Waals surface area (Å²) >= 11 is 0. The highest BCUT2D eigenvalue weighted by Gasteiger charge is 2.67. The number of hydrogen-bond acceptors (Lipinski definition) is 5. The Kier molecular flexibility index (Phi) is 7.14. The van der Waals surface area contributed by atoms with Gasteiger partial charge in [-0.05, 0) is 104 Å². The zero-order valence-electron chi connectivity index (χ0n) is 25.1. The Balaban J connectivity index is 1.44. The van der Waals surface area contributed by atoms with Crippen molar-refractivity contribution in [1.29, 1.82) is 0 Å². The van der Waals surface area contributed by atoms with E-state index >= 15 is 0 Å². The molecule has 5 aliphatic carbocycles. The monoisotopic (exact) mass is 528 g/mol. The van der Waals surface area contributed by atoms with Crippen molar-refractivity contribution in [2.75, 3.05) is 0 Å². The maximum Gasteiger partial charge on any atom is 0.303 e. The van der Waals surface area contributed by atoms with Gasteiger partial charge in [-0.1, -0.05) is 47.1 Å². The van der Waals surface area contributed by atoms with Crippen LogP contribution in [0.15, 0.2) is 11.6 Å². The van der Waals surface area contributed by atoms with Crippen LogP contribution in [0, 0.1) is 58.2 Å². The molecule has 0 unspecified atom stereocenters. The van der Waals surface area contributed by atoms with E-state index in [9.17, 15) is 14.7 Å². The van der Waals surface area contributed by atoms with E-state index < -0.39 is 17.1 Å². The molecule has 0 saturated heterocycles. The molecular weight excluding hydrogens is 476 g/mol. The maximum absolute atomic E-state index is 12.3. The lowest BCUT2D eigenvalue weighted by Gasteiger charge is -2.62. The smallest absolute Gasteiger partial charge is 0.303 e. The minimum absolute atomic E-state index is 0.261. The molecule has 1 N–H and O–H groups in total. The van der Waals surface area contributed by atoms with Crippen molar-refractivity contribution in [1.82, 2.24) is 0 Å². The van der Waals surface area contributed by atoms with Gasteiger partial charge in [-0.2, -0.15) is 0 Å². The molecule has 0 amide bonds. The van der Waals surface area contributed by atoms with E-state index in [1.807, 2.05) is 0 Å². The summed E-state index contributed by atoms with van der Waals surface area (Å²) in [6, 6.07) is 0. The van der Waals surface area contributed by atoms with Gasteiger partial charge in [0.2, 0.25) is 0 Å². The van der Waals surface area contributed by atoms with Gasteiger partial charge in [-0.15, -0.1) is 0 Å². The van der Waals surface area contributed by atoms with Crippen LogP contribution < -0.4 is 0 Å². The zero-order chi connectivity index (χ0) is 27.8. The standard InChI is InChI=1S/C33H52O5/c1-18(2)19(3)24-15-25(24)20(4)27-9-10-28-26-16-30(38-22(6)35)33(36)17-23(37-21(5)34)11-14-32(33,8)29(26)12-13-31(27,28)7/h16,18-20,23-25,27-30,36H,9-15,17H2,1-8H3/t19-,20-,23+,24-,25-,27-,28+,29+,30-,31-,32-,33+/m1/s1. The number of ether oxygens (including phenoxy) is 2. The molecule has 0 radical (unpaired) electrons. The Morgan fingerprint density at radius 3 is 2.24 bits per heavy atom. The SMILES string of the molecule is CC(=O)O[C@H]1CC[C@]2(C)[C@H]3CC[C@]4(C)[C@@H]([C@H](C)[C@H]5C[C@@H]5[C@H](C)C(C)C)CC[C@H]4C3=C[C@@H](OC(C)=O)[C@@]2(O)C1. The number of rotatable bonds is 6. The highest BCUT2D eigenvalue weighted by atomic mass is 16.6. The van der Waals surface area contributed by atoms with Crippen LogP contribution in [0.3, 0.4) is 0 Å². The van der Waals surface area contributed by atoms with E-state index in [2.05, 4.69) is 47.6 Å². The fourth-order valence-corrected chi connectivity index (χ4v) is 10.3. The van der Waals surface area contributed by atoms with E-state index in [0.717, 1.165) is 54.8 Å². The number of esters is 2. The highest BCUT2D eigenvalue weighted by molar-refractivity contribution is 5.67. The van der Waals surface area contributed by atoms with Gasteiger partial charge in [0, 0.05) is 25.7 Å². The van der Waals surface area contributed by atoms with Crippen molar-refractivity contribution in [3.8, 4) is 0 Å². The summed E-state index contributed by atoms with van der Waals surface area (Å²) in [4.78, 5) is 24.0. The van der Waals surface area contributed by atoms with Crippen molar-refractivity contribution in [3.63, 3.8) is 0 Å². The van der Waals surface area contributed by atoms with Crippen molar-refractivity contribution >= 4 is 11.9 Å². The lowest BCUT2D eigenvalue weighted by Crippen LogP contribution is -2.66. The molecule has 38 heavy (non-hydrogen) atoms. The number of fused-ring (bicyclic) bond motifs is 5. The topological polar surface area (TPSA) is 72.8 Å². The van der Waals surface area contributed by atoms with Gasteiger partial charge in [0.15, 0.2) is 0 Å². The second kappa shape index (κ2) is 9.63. The predicted octanol–water partition coefficient (Wildman–Crippen LogP) is 6.72. The molecule has 0 spiro atoms. The van der Waals surface area contributed by atoms with Crippen LogP contribution in [0.2, 0.25) is 0 Å². The number of hydrogen-bond donors (Lipinski definition) is 1. The number of allylic oxidation sites excluding steroid dienone is 1. The summed E-state index contributed by atoms with van der Waals surface area (Å²) in [7, 11) is 0. The van der Waals surface area contributed by atoms with Crippen molar-refractivity contribution < 1.29 is 24.2 Å². The van der Waals surface area contributed by atoms with Crippen LogP contribution in [0.4, 0.5) is 0 Å². The average Bonchev–Trinajstić information content (AvgIpc) is 3.54. The number of aliphatic hydroxyl groups is 1.